The Kier molecular flexibility index (Phi) is 7.32. The summed E-state index contributed by atoms with van der Waals surface area (Å²) in [4.78, 5) is 0. The fraction of sp³-hybridized carbons (Fsp3) is 0. The van der Waals surface area contributed by atoms with Gasteiger partial charge in [-0.3, -0.25) is 0 Å². The van der Waals surface area contributed by atoms with Crippen LogP contribution in [0.3, 0.4) is 0 Å². The molecule has 0 spiro atoms. The normalized spacial score (nSPS) is 11.4. The van der Waals surface area contributed by atoms with E-state index >= 15 is 0 Å². The fourth-order valence-corrected chi connectivity index (χ4v) is 10.1. The average molecular weight is 696 g/mol. The van der Waals surface area contributed by atoms with Crippen molar-refractivity contribution < 1.29 is 0 Å². The summed E-state index contributed by atoms with van der Waals surface area (Å²) in [6.45, 7) is 0. The van der Waals surface area contributed by atoms with Gasteiger partial charge in [-0.1, -0.05) is 127 Å². The third-order valence-electron chi connectivity index (χ3n) is 10.1. The first kappa shape index (κ1) is 30.5. The van der Waals surface area contributed by atoms with E-state index in [0.29, 0.717) is 5.56 Å². The van der Waals surface area contributed by atoms with Crippen molar-refractivity contribution in [2.75, 3.05) is 0 Å². The van der Waals surface area contributed by atoms with E-state index in [1.807, 2.05) is 34.8 Å². The molecule has 0 N–H and O–H groups in total. The summed E-state index contributed by atoms with van der Waals surface area (Å²) in [7, 11) is 0. The molecule has 0 aliphatic carbocycles. The Balaban J connectivity index is 1.02. The summed E-state index contributed by atoms with van der Waals surface area (Å²) in [5.41, 5.74) is 12.2. The van der Waals surface area contributed by atoms with E-state index in [1.54, 1.807) is 0 Å². The highest BCUT2D eigenvalue weighted by Gasteiger charge is 2.14. The number of hydrogen-bond acceptors (Lipinski definition) is 3. The molecule has 2 heterocycles. The molecule has 0 fully saturated rings. The molecular formula is C49H29NS2. The fourth-order valence-electron chi connectivity index (χ4n) is 7.59. The number of nitriles is 1. The van der Waals surface area contributed by atoms with Gasteiger partial charge in [-0.15, -0.1) is 22.7 Å². The molecule has 0 unspecified atom stereocenters. The van der Waals surface area contributed by atoms with E-state index in [0.717, 1.165) is 33.4 Å². The van der Waals surface area contributed by atoms with Gasteiger partial charge in [0.25, 0.3) is 0 Å². The molecule has 2 aromatic heterocycles. The molecule has 0 saturated heterocycles. The number of thiophene rings is 2. The molecule has 0 atom stereocenters. The minimum Gasteiger partial charge on any atom is -0.192 e. The van der Waals surface area contributed by atoms with Crippen LogP contribution in [-0.2, 0) is 0 Å². The van der Waals surface area contributed by atoms with Crippen molar-refractivity contribution in [3.8, 4) is 61.7 Å². The van der Waals surface area contributed by atoms with Gasteiger partial charge < -0.3 is 0 Å². The summed E-state index contributed by atoms with van der Waals surface area (Å²) in [6, 6.07) is 65.5. The molecule has 0 radical (unpaired) electrons. The molecule has 0 saturated carbocycles. The van der Waals surface area contributed by atoms with E-state index in [-0.39, 0.29) is 0 Å². The molecule has 0 bridgehead atoms. The maximum atomic E-state index is 10.1. The predicted octanol–water partition coefficient (Wildman–Crippen LogP) is 14.6. The molecule has 10 rings (SSSR count). The highest BCUT2D eigenvalue weighted by atomic mass is 32.1. The van der Waals surface area contributed by atoms with Crippen molar-refractivity contribution in [3.63, 3.8) is 0 Å². The highest BCUT2D eigenvalue weighted by Crippen LogP contribution is 2.43. The Morgan fingerprint density at radius 2 is 0.712 bits per heavy atom. The van der Waals surface area contributed by atoms with Crippen LogP contribution < -0.4 is 0 Å². The summed E-state index contributed by atoms with van der Waals surface area (Å²) >= 11 is 3.69. The first-order valence-electron chi connectivity index (χ1n) is 17.4. The lowest BCUT2D eigenvalue weighted by molar-refractivity contribution is 1.48. The second kappa shape index (κ2) is 12.5. The number of hydrogen-bond donors (Lipinski definition) is 0. The van der Waals surface area contributed by atoms with Crippen LogP contribution in [0.15, 0.2) is 176 Å². The Morgan fingerprint density at radius 3 is 1.25 bits per heavy atom. The molecule has 0 amide bonds. The summed E-state index contributed by atoms with van der Waals surface area (Å²) in [6.07, 6.45) is 0. The van der Waals surface area contributed by atoms with Gasteiger partial charge in [0.05, 0.1) is 11.6 Å². The zero-order valence-corrected chi connectivity index (χ0v) is 29.6. The second-order valence-electron chi connectivity index (χ2n) is 13.2. The van der Waals surface area contributed by atoms with Gasteiger partial charge in [0.2, 0.25) is 0 Å². The minimum atomic E-state index is 0.657. The number of nitrogens with zero attached hydrogens (tertiary/aromatic N) is 1. The molecule has 3 heteroatoms. The van der Waals surface area contributed by atoms with Gasteiger partial charge in [-0.2, -0.15) is 5.26 Å². The third kappa shape index (κ3) is 5.20. The number of fused-ring (bicyclic) bond motifs is 6. The lowest BCUT2D eigenvalue weighted by Crippen LogP contribution is -1.87. The Bertz CT molecular complexity index is 3040. The number of benzene rings is 8. The van der Waals surface area contributed by atoms with Gasteiger partial charge in [-0.25, -0.2) is 0 Å². The van der Waals surface area contributed by atoms with Crippen LogP contribution in [0.25, 0.3) is 96.0 Å². The lowest BCUT2D eigenvalue weighted by atomic mass is 9.93. The molecule has 10 aromatic rings. The van der Waals surface area contributed by atoms with Gasteiger partial charge in [0, 0.05) is 40.3 Å². The van der Waals surface area contributed by atoms with Crippen molar-refractivity contribution in [2.45, 2.75) is 0 Å². The zero-order valence-electron chi connectivity index (χ0n) is 28.0. The Morgan fingerprint density at radius 1 is 0.327 bits per heavy atom. The van der Waals surface area contributed by atoms with Gasteiger partial charge in [-0.05, 0) is 104 Å². The van der Waals surface area contributed by atoms with E-state index in [1.165, 1.54) is 62.6 Å². The smallest absolute Gasteiger partial charge is 0.0992 e. The zero-order chi connectivity index (χ0) is 34.6. The average Bonchev–Trinajstić information content (AvgIpc) is 3.80. The molecule has 242 valence electrons. The molecular weight excluding hydrogens is 667 g/mol. The topological polar surface area (TPSA) is 23.8 Å². The Hall–Kier alpha value is -6.31. The van der Waals surface area contributed by atoms with Gasteiger partial charge in [0.1, 0.15) is 0 Å². The number of rotatable bonds is 5. The van der Waals surface area contributed by atoms with Crippen molar-refractivity contribution in [1.82, 2.24) is 0 Å². The first-order valence-corrected chi connectivity index (χ1v) is 19.0. The van der Waals surface area contributed by atoms with Crippen LogP contribution >= 0.6 is 22.7 Å². The Labute approximate surface area is 309 Å². The lowest BCUT2D eigenvalue weighted by Gasteiger charge is -2.12. The summed E-state index contributed by atoms with van der Waals surface area (Å²) in [5.74, 6) is 0. The maximum absolute atomic E-state index is 10.1. The summed E-state index contributed by atoms with van der Waals surface area (Å²) in [5, 5.41) is 15.3. The van der Waals surface area contributed by atoms with Crippen molar-refractivity contribution in [2.24, 2.45) is 0 Å². The minimum absolute atomic E-state index is 0.657. The van der Waals surface area contributed by atoms with Crippen LogP contribution in [-0.4, -0.2) is 0 Å². The van der Waals surface area contributed by atoms with Gasteiger partial charge >= 0.3 is 0 Å². The molecule has 0 aliphatic heterocycles. The van der Waals surface area contributed by atoms with Gasteiger partial charge in [0.15, 0.2) is 0 Å². The van der Waals surface area contributed by atoms with Crippen LogP contribution in [0, 0.1) is 11.3 Å². The largest absolute Gasteiger partial charge is 0.192 e. The summed E-state index contributed by atoms with van der Waals surface area (Å²) < 4.78 is 5.17. The van der Waals surface area contributed by atoms with Crippen LogP contribution in [0.2, 0.25) is 0 Å². The third-order valence-corrected chi connectivity index (χ3v) is 12.5. The SMILES string of the molecule is N#Cc1cc(-c2cccc(-c3cccc(-c4cccc(-c5cccc6c5sc5ccccc56)c4)c3)c2)cc(-c2cccc3c2sc2ccccc23)c1. The van der Waals surface area contributed by atoms with Crippen LogP contribution in [0.5, 0.6) is 0 Å². The van der Waals surface area contributed by atoms with Crippen molar-refractivity contribution in [1.29, 1.82) is 5.26 Å². The molecule has 8 aromatic carbocycles. The van der Waals surface area contributed by atoms with Crippen LogP contribution in [0.1, 0.15) is 5.56 Å². The molecule has 52 heavy (non-hydrogen) atoms. The molecule has 0 aliphatic rings. The monoisotopic (exact) mass is 695 g/mol. The van der Waals surface area contributed by atoms with E-state index in [9.17, 15) is 5.26 Å². The highest BCUT2D eigenvalue weighted by molar-refractivity contribution is 7.26. The predicted molar refractivity (Wildman–Crippen MR) is 224 cm³/mol. The van der Waals surface area contributed by atoms with E-state index in [2.05, 4.69) is 170 Å². The maximum Gasteiger partial charge on any atom is 0.0992 e. The van der Waals surface area contributed by atoms with Crippen molar-refractivity contribution in [3.05, 3.63) is 181 Å². The van der Waals surface area contributed by atoms with E-state index in [4.69, 9.17) is 0 Å². The van der Waals surface area contributed by atoms with Crippen molar-refractivity contribution >= 4 is 63.0 Å². The second-order valence-corrected chi connectivity index (χ2v) is 15.3. The standard InChI is InChI=1S/C49H29NS2/c50-30-31-24-38(29-39(25-31)41-19-9-21-45-43-17-2-4-23-47(43)52-49(41)45)36-14-6-12-34(27-36)32-10-5-11-33(26-32)35-13-7-15-37(28-35)40-18-8-20-44-42-16-1-3-22-46(42)51-48(40)44/h1-29H. The first-order chi connectivity index (χ1) is 25.7. The quantitative estimate of drug-likeness (QED) is 0.176. The molecule has 1 nitrogen and oxygen atoms in total. The van der Waals surface area contributed by atoms with Crippen LogP contribution in [0.4, 0.5) is 0 Å². The van der Waals surface area contributed by atoms with E-state index < -0.39 is 0 Å².